The van der Waals surface area contributed by atoms with Crippen molar-refractivity contribution >= 4 is 11.6 Å². The number of aryl methyl sites for hydroxylation is 2. The predicted molar refractivity (Wildman–Crippen MR) is 105 cm³/mol. The van der Waals surface area contributed by atoms with Crippen molar-refractivity contribution in [1.29, 1.82) is 0 Å². The molecule has 1 fully saturated rings. The lowest BCUT2D eigenvalue weighted by molar-refractivity contribution is -0.118. The van der Waals surface area contributed by atoms with Gasteiger partial charge >= 0.3 is 0 Å². The highest BCUT2D eigenvalue weighted by molar-refractivity contribution is 5.97. The standard InChI is InChI=1S/C22H34N2O/c1-3-4-8-19-12-16-23(17-13-19)14-6-15-24-21(25)11-10-20-9-5-7-18(2)22(20)24/h5,7,9,19H,3-4,6,8,10-17H2,1-2H3. The van der Waals surface area contributed by atoms with Gasteiger partial charge in [0.1, 0.15) is 0 Å². The zero-order valence-electron chi connectivity index (χ0n) is 16.1. The van der Waals surface area contributed by atoms with E-state index in [9.17, 15) is 4.79 Å². The first-order valence-electron chi connectivity index (χ1n) is 10.3. The van der Waals surface area contributed by atoms with E-state index in [1.54, 1.807) is 0 Å². The predicted octanol–water partition coefficient (Wildman–Crippen LogP) is 4.57. The van der Waals surface area contributed by atoms with Gasteiger partial charge in [0.15, 0.2) is 0 Å². The Morgan fingerprint density at radius 3 is 2.64 bits per heavy atom. The van der Waals surface area contributed by atoms with E-state index in [2.05, 4.69) is 41.8 Å². The Bertz CT molecular complexity index is 575. The van der Waals surface area contributed by atoms with Crippen LogP contribution in [0.25, 0.3) is 0 Å². The molecular weight excluding hydrogens is 308 g/mol. The third-order valence-corrected chi connectivity index (χ3v) is 6.03. The molecule has 0 unspecified atom stereocenters. The zero-order valence-corrected chi connectivity index (χ0v) is 16.1. The van der Waals surface area contributed by atoms with Crippen LogP contribution in [0, 0.1) is 12.8 Å². The summed E-state index contributed by atoms with van der Waals surface area (Å²) in [5.41, 5.74) is 3.77. The minimum atomic E-state index is 0.306. The van der Waals surface area contributed by atoms with Crippen LogP contribution >= 0.6 is 0 Å². The van der Waals surface area contributed by atoms with Crippen molar-refractivity contribution in [3.05, 3.63) is 29.3 Å². The quantitative estimate of drug-likeness (QED) is 0.725. The van der Waals surface area contributed by atoms with Crippen LogP contribution in [0.1, 0.15) is 63.0 Å². The molecule has 3 heteroatoms. The summed E-state index contributed by atoms with van der Waals surface area (Å²) in [6, 6.07) is 6.43. The van der Waals surface area contributed by atoms with Gasteiger partial charge in [0.25, 0.3) is 0 Å². The van der Waals surface area contributed by atoms with Gasteiger partial charge in [0, 0.05) is 18.7 Å². The van der Waals surface area contributed by atoms with Crippen molar-refractivity contribution in [3.63, 3.8) is 0 Å². The SMILES string of the molecule is CCCCC1CCN(CCCN2C(=O)CCc3cccc(C)c32)CC1. The summed E-state index contributed by atoms with van der Waals surface area (Å²) < 4.78 is 0. The highest BCUT2D eigenvalue weighted by Gasteiger charge is 2.25. The van der Waals surface area contributed by atoms with Crippen molar-refractivity contribution in [1.82, 2.24) is 4.90 Å². The van der Waals surface area contributed by atoms with Crippen molar-refractivity contribution in [3.8, 4) is 0 Å². The molecule has 0 saturated carbocycles. The van der Waals surface area contributed by atoms with Gasteiger partial charge in [-0.25, -0.2) is 0 Å². The first-order valence-corrected chi connectivity index (χ1v) is 10.3. The Hall–Kier alpha value is -1.35. The zero-order chi connectivity index (χ0) is 17.6. The summed E-state index contributed by atoms with van der Waals surface area (Å²) in [4.78, 5) is 17.1. The molecule has 1 aromatic carbocycles. The maximum Gasteiger partial charge on any atom is 0.227 e. The lowest BCUT2D eigenvalue weighted by atomic mass is 9.91. The number of benzene rings is 1. The number of hydrogen-bond acceptors (Lipinski definition) is 2. The molecule has 25 heavy (non-hydrogen) atoms. The number of nitrogens with zero attached hydrogens (tertiary/aromatic N) is 2. The second kappa shape index (κ2) is 8.84. The summed E-state index contributed by atoms with van der Waals surface area (Å²) >= 11 is 0. The van der Waals surface area contributed by atoms with Crippen molar-refractivity contribution in [2.75, 3.05) is 31.1 Å². The van der Waals surface area contributed by atoms with E-state index in [4.69, 9.17) is 0 Å². The molecule has 1 amide bonds. The fourth-order valence-electron chi connectivity index (χ4n) is 4.49. The first kappa shape index (κ1) is 18.4. The lowest BCUT2D eigenvalue weighted by Crippen LogP contribution is -2.39. The number of fused-ring (bicyclic) bond motifs is 1. The Morgan fingerprint density at radius 2 is 1.88 bits per heavy atom. The number of amides is 1. The van der Waals surface area contributed by atoms with Gasteiger partial charge in [-0.1, -0.05) is 44.4 Å². The molecule has 2 aliphatic rings. The molecule has 138 valence electrons. The third-order valence-electron chi connectivity index (χ3n) is 6.03. The molecule has 2 aliphatic heterocycles. The van der Waals surface area contributed by atoms with E-state index < -0.39 is 0 Å². The Kier molecular flexibility index (Phi) is 6.52. The molecule has 2 heterocycles. The number of piperidine rings is 1. The highest BCUT2D eigenvalue weighted by Crippen LogP contribution is 2.31. The van der Waals surface area contributed by atoms with Gasteiger partial charge in [0.2, 0.25) is 5.91 Å². The number of unbranched alkanes of at least 4 members (excludes halogenated alkanes) is 1. The summed E-state index contributed by atoms with van der Waals surface area (Å²) in [7, 11) is 0. The fraction of sp³-hybridized carbons (Fsp3) is 0.682. The minimum Gasteiger partial charge on any atom is -0.312 e. The van der Waals surface area contributed by atoms with Crippen LogP contribution in [0.15, 0.2) is 18.2 Å². The van der Waals surface area contributed by atoms with Gasteiger partial charge < -0.3 is 9.80 Å². The van der Waals surface area contributed by atoms with Gasteiger partial charge in [-0.3, -0.25) is 4.79 Å². The van der Waals surface area contributed by atoms with Crippen LogP contribution in [-0.4, -0.2) is 37.0 Å². The molecule has 0 aliphatic carbocycles. The monoisotopic (exact) mass is 342 g/mol. The number of carbonyl (C=O) groups is 1. The first-order chi connectivity index (χ1) is 12.2. The maximum absolute atomic E-state index is 12.4. The van der Waals surface area contributed by atoms with E-state index in [0.29, 0.717) is 12.3 Å². The number of hydrogen-bond donors (Lipinski definition) is 0. The normalized spacial score (nSPS) is 19.3. The van der Waals surface area contributed by atoms with Crippen LogP contribution in [-0.2, 0) is 11.2 Å². The molecule has 3 rings (SSSR count). The highest BCUT2D eigenvalue weighted by atomic mass is 16.2. The number of rotatable bonds is 7. The van der Waals surface area contributed by atoms with Crippen LogP contribution in [0.4, 0.5) is 5.69 Å². The summed E-state index contributed by atoms with van der Waals surface area (Å²) in [5.74, 6) is 1.26. The summed E-state index contributed by atoms with van der Waals surface area (Å²) in [6.07, 6.45) is 9.51. The molecule has 0 radical (unpaired) electrons. The maximum atomic E-state index is 12.4. The van der Waals surface area contributed by atoms with Crippen molar-refractivity contribution in [2.45, 2.75) is 65.2 Å². The third kappa shape index (κ3) is 4.63. The van der Waals surface area contributed by atoms with Crippen LogP contribution in [0.2, 0.25) is 0 Å². The molecular formula is C22H34N2O. The second-order valence-corrected chi connectivity index (χ2v) is 7.91. The average Bonchev–Trinajstić information content (AvgIpc) is 2.63. The van der Waals surface area contributed by atoms with E-state index in [0.717, 1.165) is 31.8 Å². The van der Waals surface area contributed by atoms with Gasteiger partial charge in [0.05, 0.1) is 0 Å². The molecule has 0 aromatic heterocycles. The lowest BCUT2D eigenvalue weighted by Gasteiger charge is -2.34. The topological polar surface area (TPSA) is 23.6 Å². The van der Waals surface area contributed by atoms with E-state index in [1.807, 2.05) is 0 Å². The van der Waals surface area contributed by atoms with E-state index in [-0.39, 0.29) is 0 Å². The molecule has 3 nitrogen and oxygen atoms in total. The van der Waals surface area contributed by atoms with Gasteiger partial charge in [-0.05, 0) is 69.3 Å². The molecule has 0 bridgehead atoms. The molecule has 0 N–H and O–H groups in total. The Morgan fingerprint density at radius 1 is 1.08 bits per heavy atom. The summed E-state index contributed by atoms with van der Waals surface area (Å²) in [6.45, 7) is 8.91. The molecule has 1 saturated heterocycles. The van der Waals surface area contributed by atoms with Crippen LogP contribution < -0.4 is 4.90 Å². The number of para-hydroxylation sites is 1. The van der Waals surface area contributed by atoms with E-state index >= 15 is 0 Å². The van der Waals surface area contributed by atoms with Crippen molar-refractivity contribution in [2.24, 2.45) is 5.92 Å². The largest absolute Gasteiger partial charge is 0.312 e. The molecule has 0 atom stereocenters. The Balaban J connectivity index is 1.48. The number of anilines is 1. The average molecular weight is 343 g/mol. The molecule has 1 aromatic rings. The smallest absolute Gasteiger partial charge is 0.227 e. The number of likely N-dealkylation sites (tertiary alicyclic amines) is 1. The van der Waals surface area contributed by atoms with Crippen LogP contribution in [0.5, 0.6) is 0 Å². The van der Waals surface area contributed by atoms with E-state index in [1.165, 1.54) is 62.0 Å². The molecule has 0 spiro atoms. The summed E-state index contributed by atoms with van der Waals surface area (Å²) in [5, 5.41) is 0. The second-order valence-electron chi connectivity index (χ2n) is 7.91. The number of carbonyl (C=O) groups excluding carboxylic acids is 1. The van der Waals surface area contributed by atoms with Gasteiger partial charge in [-0.2, -0.15) is 0 Å². The Labute approximate surface area is 153 Å². The fourth-order valence-corrected chi connectivity index (χ4v) is 4.49. The van der Waals surface area contributed by atoms with Crippen LogP contribution in [0.3, 0.4) is 0 Å². The van der Waals surface area contributed by atoms with Crippen molar-refractivity contribution < 1.29 is 4.79 Å². The minimum absolute atomic E-state index is 0.306. The van der Waals surface area contributed by atoms with Gasteiger partial charge in [-0.15, -0.1) is 0 Å².